The average molecular weight is 481 g/mol. The lowest BCUT2D eigenvalue weighted by Crippen LogP contribution is -2.42. The molecule has 26 heavy (non-hydrogen) atoms. The van der Waals surface area contributed by atoms with Crippen molar-refractivity contribution in [3.63, 3.8) is 0 Å². The first-order valence-electron chi connectivity index (χ1n) is 8.27. The van der Waals surface area contributed by atoms with E-state index in [0.29, 0.717) is 0 Å². The second kappa shape index (κ2) is 7.53. The molecule has 0 bridgehead atoms. The van der Waals surface area contributed by atoms with E-state index in [1.807, 2.05) is 74.5 Å². The average Bonchev–Trinajstić information content (AvgIpc) is 2.89. The Labute approximate surface area is 169 Å². The van der Waals surface area contributed by atoms with E-state index in [2.05, 4.69) is 31.9 Å². The molecule has 1 saturated heterocycles. The van der Waals surface area contributed by atoms with Crippen LogP contribution in [0.3, 0.4) is 0 Å². The van der Waals surface area contributed by atoms with Crippen LogP contribution in [0, 0.1) is 0 Å². The van der Waals surface area contributed by atoms with Crippen LogP contribution in [0.25, 0.3) is 0 Å². The van der Waals surface area contributed by atoms with E-state index in [1.165, 1.54) is 4.90 Å². The predicted octanol–water partition coefficient (Wildman–Crippen LogP) is 5.38. The maximum Gasteiger partial charge on any atom is 0.417 e. The van der Waals surface area contributed by atoms with Gasteiger partial charge in [-0.2, -0.15) is 0 Å². The van der Waals surface area contributed by atoms with Gasteiger partial charge in [0.2, 0.25) is 5.91 Å². The van der Waals surface area contributed by atoms with Gasteiger partial charge in [-0.05, 0) is 25.0 Å². The first-order chi connectivity index (χ1) is 12.3. The highest BCUT2D eigenvalue weighted by Gasteiger charge is 2.52. The van der Waals surface area contributed by atoms with Crippen molar-refractivity contribution in [3.05, 3.63) is 71.8 Å². The summed E-state index contributed by atoms with van der Waals surface area (Å²) in [6.45, 7) is 3.64. The number of imide groups is 1. The number of hydrogen-bond acceptors (Lipinski definition) is 3. The summed E-state index contributed by atoms with van der Waals surface area (Å²) in [6.07, 6.45) is -0.619. The highest BCUT2D eigenvalue weighted by molar-refractivity contribution is 9.12. The Morgan fingerprint density at radius 2 is 1.58 bits per heavy atom. The normalized spacial score (nSPS) is 21.2. The Balaban J connectivity index is 1.92. The number of rotatable bonds is 4. The fourth-order valence-corrected chi connectivity index (χ4v) is 4.27. The van der Waals surface area contributed by atoms with Crippen molar-refractivity contribution in [2.45, 2.75) is 35.1 Å². The first kappa shape index (κ1) is 19.1. The highest BCUT2D eigenvalue weighted by Crippen LogP contribution is 2.43. The van der Waals surface area contributed by atoms with Gasteiger partial charge in [-0.3, -0.25) is 4.79 Å². The predicted molar refractivity (Wildman–Crippen MR) is 107 cm³/mol. The Bertz CT molecular complexity index is 795. The number of halogens is 2. The molecular weight excluding hydrogens is 462 g/mol. The van der Waals surface area contributed by atoms with Crippen molar-refractivity contribution in [2.24, 2.45) is 0 Å². The van der Waals surface area contributed by atoms with Crippen LogP contribution < -0.4 is 0 Å². The summed E-state index contributed by atoms with van der Waals surface area (Å²) in [5.41, 5.74) is 1.00. The molecule has 0 aliphatic carbocycles. The van der Waals surface area contributed by atoms with Gasteiger partial charge in [-0.1, -0.05) is 92.5 Å². The van der Waals surface area contributed by atoms with E-state index >= 15 is 0 Å². The standard InChI is InChI=1S/C20H19Br2NO3/c1-20(2)17(14-11-7-4-8-12-14)23(19(25)26-20)18(24)16(22)15(21)13-9-5-3-6-10-13/h3-12,15-17H,1-2H3/t15?,16?,17-/m1/s1. The molecule has 0 N–H and O–H groups in total. The summed E-state index contributed by atoms with van der Waals surface area (Å²) in [5.74, 6) is -0.333. The zero-order chi connectivity index (χ0) is 18.9. The number of hydrogen-bond donors (Lipinski definition) is 0. The lowest BCUT2D eigenvalue weighted by Gasteiger charge is -2.30. The van der Waals surface area contributed by atoms with Crippen molar-refractivity contribution in [1.82, 2.24) is 4.90 Å². The van der Waals surface area contributed by atoms with Gasteiger partial charge in [0.05, 0.1) is 4.83 Å². The summed E-state index contributed by atoms with van der Waals surface area (Å²) < 4.78 is 5.52. The summed E-state index contributed by atoms with van der Waals surface area (Å²) >= 11 is 7.05. The second-order valence-corrected chi connectivity index (χ2v) is 8.68. The van der Waals surface area contributed by atoms with Gasteiger partial charge in [-0.25, -0.2) is 9.69 Å². The summed E-state index contributed by atoms with van der Waals surface area (Å²) in [6, 6.07) is 18.6. The number of ether oxygens (including phenoxy) is 1. The van der Waals surface area contributed by atoms with Crippen molar-refractivity contribution >= 4 is 43.9 Å². The molecule has 2 aromatic rings. The number of carbonyl (C=O) groups is 2. The Kier molecular flexibility index (Phi) is 5.53. The molecule has 2 amide bonds. The Hall–Kier alpha value is -1.66. The molecule has 1 aliphatic heterocycles. The summed E-state index contributed by atoms with van der Waals surface area (Å²) in [5, 5.41) is 0. The number of carbonyl (C=O) groups excluding carboxylic acids is 2. The number of benzene rings is 2. The maximum absolute atomic E-state index is 13.2. The third kappa shape index (κ3) is 3.58. The number of cyclic esters (lactones) is 1. The highest BCUT2D eigenvalue weighted by atomic mass is 79.9. The molecule has 1 heterocycles. The topological polar surface area (TPSA) is 46.6 Å². The molecule has 0 saturated carbocycles. The zero-order valence-corrected chi connectivity index (χ0v) is 17.6. The molecule has 6 heteroatoms. The quantitative estimate of drug-likeness (QED) is 0.551. The van der Waals surface area contributed by atoms with Gasteiger partial charge in [-0.15, -0.1) is 0 Å². The SMILES string of the molecule is CC1(C)OC(=O)N(C(=O)C(Br)C(Br)c2ccccc2)[C@@H]1c1ccccc1. The third-order valence-electron chi connectivity index (χ3n) is 4.43. The lowest BCUT2D eigenvalue weighted by molar-refractivity contribution is -0.129. The lowest BCUT2D eigenvalue weighted by atomic mass is 9.91. The van der Waals surface area contributed by atoms with Gasteiger partial charge in [0, 0.05) is 0 Å². The molecular formula is C20H19Br2NO3. The van der Waals surface area contributed by atoms with Crippen LogP contribution in [-0.2, 0) is 9.53 Å². The van der Waals surface area contributed by atoms with E-state index < -0.39 is 22.6 Å². The number of amides is 2. The van der Waals surface area contributed by atoms with Crippen LogP contribution in [-0.4, -0.2) is 27.3 Å². The fraction of sp³-hybridized carbons (Fsp3) is 0.300. The van der Waals surface area contributed by atoms with Crippen LogP contribution >= 0.6 is 31.9 Å². The molecule has 0 spiro atoms. The van der Waals surface area contributed by atoms with Crippen molar-refractivity contribution in [2.75, 3.05) is 0 Å². The van der Waals surface area contributed by atoms with E-state index in [-0.39, 0.29) is 10.7 Å². The van der Waals surface area contributed by atoms with Gasteiger partial charge in [0.15, 0.2) is 0 Å². The van der Waals surface area contributed by atoms with Crippen LogP contribution in [0.15, 0.2) is 60.7 Å². The summed E-state index contributed by atoms with van der Waals surface area (Å²) in [4.78, 5) is 26.1. The first-order valence-corrected chi connectivity index (χ1v) is 10.1. The maximum atomic E-state index is 13.2. The van der Waals surface area contributed by atoms with Crippen molar-refractivity contribution in [3.8, 4) is 0 Å². The summed E-state index contributed by atoms with van der Waals surface area (Å²) in [7, 11) is 0. The minimum absolute atomic E-state index is 0.274. The van der Waals surface area contributed by atoms with E-state index in [4.69, 9.17) is 4.74 Å². The van der Waals surface area contributed by atoms with Crippen LogP contribution in [0.5, 0.6) is 0 Å². The van der Waals surface area contributed by atoms with Crippen molar-refractivity contribution in [1.29, 1.82) is 0 Å². The molecule has 1 aliphatic rings. The fourth-order valence-electron chi connectivity index (χ4n) is 3.21. The monoisotopic (exact) mass is 479 g/mol. The zero-order valence-electron chi connectivity index (χ0n) is 14.4. The molecule has 0 aromatic heterocycles. The molecule has 0 radical (unpaired) electrons. The van der Waals surface area contributed by atoms with Crippen LogP contribution in [0.1, 0.15) is 35.8 Å². The minimum atomic E-state index is -0.810. The van der Waals surface area contributed by atoms with Gasteiger partial charge < -0.3 is 4.74 Å². The van der Waals surface area contributed by atoms with Crippen LogP contribution in [0.2, 0.25) is 0 Å². The number of alkyl halides is 2. The number of nitrogens with zero attached hydrogens (tertiary/aromatic N) is 1. The molecule has 2 unspecified atom stereocenters. The van der Waals surface area contributed by atoms with E-state index in [0.717, 1.165) is 11.1 Å². The molecule has 4 nitrogen and oxygen atoms in total. The van der Waals surface area contributed by atoms with E-state index in [1.54, 1.807) is 0 Å². The molecule has 2 aromatic carbocycles. The Morgan fingerprint density at radius 3 is 2.15 bits per heavy atom. The second-order valence-electron chi connectivity index (χ2n) is 6.71. The van der Waals surface area contributed by atoms with E-state index in [9.17, 15) is 9.59 Å². The molecule has 3 atom stereocenters. The Morgan fingerprint density at radius 1 is 1.04 bits per heavy atom. The van der Waals surface area contributed by atoms with Gasteiger partial charge >= 0.3 is 6.09 Å². The molecule has 1 fully saturated rings. The molecule has 3 rings (SSSR count). The van der Waals surface area contributed by atoms with Crippen molar-refractivity contribution < 1.29 is 14.3 Å². The minimum Gasteiger partial charge on any atom is -0.440 e. The third-order valence-corrected chi connectivity index (χ3v) is 7.11. The van der Waals surface area contributed by atoms with Crippen LogP contribution in [0.4, 0.5) is 4.79 Å². The van der Waals surface area contributed by atoms with Gasteiger partial charge in [0.1, 0.15) is 16.5 Å². The largest absolute Gasteiger partial charge is 0.440 e. The molecule has 136 valence electrons. The smallest absolute Gasteiger partial charge is 0.417 e. The van der Waals surface area contributed by atoms with Gasteiger partial charge in [0.25, 0.3) is 0 Å².